The molecule has 0 aliphatic rings. The Hall–Kier alpha value is -0.570. The second kappa shape index (κ2) is 6.02. The fraction of sp³-hybridized carbons (Fsp3) is 0.909. The molecule has 0 aromatic rings. The van der Waals surface area contributed by atoms with Crippen LogP contribution in [-0.2, 0) is 4.79 Å². The van der Waals surface area contributed by atoms with Crippen LogP contribution in [0.1, 0.15) is 33.6 Å². The first-order valence-corrected chi connectivity index (χ1v) is 5.29. The molecule has 0 aromatic carbocycles. The Morgan fingerprint density at radius 1 is 1.36 bits per heavy atom. The number of hydrogen-bond acceptors (Lipinski definition) is 2. The van der Waals surface area contributed by atoms with Crippen molar-refractivity contribution < 1.29 is 4.79 Å². The molecule has 0 atom stereocenters. The molecule has 0 saturated heterocycles. The fourth-order valence-corrected chi connectivity index (χ4v) is 1.57. The molecular weight excluding hydrogens is 176 g/mol. The lowest BCUT2D eigenvalue weighted by Gasteiger charge is -2.28. The SMILES string of the molecule is CCCC(=O)NCC(C)(C)CN(C)C. The number of nitrogens with one attached hydrogen (secondary N) is 1. The Kier molecular flexibility index (Phi) is 5.77. The largest absolute Gasteiger partial charge is 0.356 e. The summed E-state index contributed by atoms with van der Waals surface area (Å²) in [6.07, 6.45) is 1.55. The molecule has 14 heavy (non-hydrogen) atoms. The second-order valence-electron chi connectivity index (χ2n) is 4.93. The van der Waals surface area contributed by atoms with E-state index >= 15 is 0 Å². The average molecular weight is 200 g/mol. The van der Waals surface area contributed by atoms with Crippen LogP contribution in [0.15, 0.2) is 0 Å². The fourth-order valence-electron chi connectivity index (χ4n) is 1.57. The lowest BCUT2D eigenvalue weighted by Crippen LogP contribution is -2.39. The molecule has 1 N–H and O–H groups in total. The highest BCUT2D eigenvalue weighted by Gasteiger charge is 2.19. The van der Waals surface area contributed by atoms with Crippen molar-refractivity contribution in [2.75, 3.05) is 27.2 Å². The molecule has 84 valence electrons. The van der Waals surface area contributed by atoms with Crippen LogP contribution in [0.5, 0.6) is 0 Å². The average Bonchev–Trinajstić information content (AvgIpc) is 1.99. The van der Waals surface area contributed by atoms with Crippen molar-refractivity contribution in [1.29, 1.82) is 0 Å². The van der Waals surface area contributed by atoms with Crippen molar-refractivity contribution in [1.82, 2.24) is 10.2 Å². The summed E-state index contributed by atoms with van der Waals surface area (Å²) in [5, 5.41) is 2.96. The maximum atomic E-state index is 11.3. The van der Waals surface area contributed by atoms with E-state index in [9.17, 15) is 4.79 Å². The maximum Gasteiger partial charge on any atom is 0.220 e. The topological polar surface area (TPSA) is 32.3 Å². The van der Waals surface area contributed by atoms with Gasteiger partial charge in [-0.05, 0) is 25.9 Å². The highest BCUT2D eigenvalue weighted by Crippen LogP contribution is 2.14. The van der Waals surface area contributed by atoms with E-state index in [2.05, 4.69) is 38.2 Å². The van der Waals surface area contributed by atoms with Crippen LogP contribution in [0, 0.1) is 5.41 Å². The molecule has 0 aliphatic heterocycles. The molecule has 3 heteroatoms. The minimum Gasteiger partial charge on any atom is -0.356 e. The molecule has 0 fully saturated rings. The van der Waals surface area contributed by atoms with Crippen molar-refractivity contribution >= 4 is 5.91 Å². The van der Waals surface area contributed by atoms with Gasteiger partial charge in [0, 0.05) is 19.5 Å². The van der Waals surface area contributed by atoms with Crippen molar-refractivity contribution in [3.63, 3.8) is 0 Å². The molecule has 0 radical (unpaired) electrons. The zero-order valence-electron chi connectivity index (χ0n) is 10.2. The summed E-state index contributed by atoms with van der Waals surface area (Å²) in [5.74, 6) is 0.166. The van der Waals surface area contributed by atoms with Crippen molar-refractivity contribution in [2.24, 2.45) is 5.41 Å². The molecular formula is C11H24N2O. The monoisotopic (exact) mass is 200 g/mol. The Morgan fingerprint density at radius 3 is 2.36 bits per heavy atom. The van der Waals surface area contributed by atoms with E-state index < -0.39 is 0 Å². The van der Waals surface area contributed by atoms with E-state index in [4.69, 9.17) is 0 Å². The second-order valence-corrected chi connectivity index (χ2v) is 4.93. The minimum absolute atomic E-state index is 0.146. The molecule has 0 unspecified atom stereocenters. The lowest BCUT2D eigenvalue weighted by molar-refractivity contribution is -0.121. The first kappa shape index (κ1) is 13.4. The Bertz CT molecular complexity index is 176. The maximum absolute atomic E-state index is 11.3. The van der Waals surface area contributed by atoms with E-state index in [0.717, 1.165) is 19.5 Å². The van der Waals surface area contributed by atoms with E-state index in [1.807, 2.05) is 6.92 Å². The molecule has 0 saturated carbocycles. The zero-order valence-corrected chi connectivity index (χ0v) is 10.2. The van der Waals surface area contributed by atoms with Crippen LogP contribution >= 0.6 is 0 Å². The summed E-state index contributed by atoms with van der Waals surface area (Å²) in [6, 6.07) is 0. The Morgan fingerprint density at radius 2 is 1.93 bits per heavy atom. The first-order chi connectivity index (χ1) is 6.37. The Balaban J connectivity index is 3.80. The van der Waals surface area contributed by atoms with Crippen LogP contribution in [-0.4, -0.2) is 38.0 Å². The molecule has 3 nitrogen and oxygen atoms in total. The van der Waals surface area contributed by atoms with E-state index in [0.29, 0.717) is 6.42 Å². The first-order valence-electron chi connectivity index (χ1n) is 5.29. The molecule has 0 heterocycles. The van der Waals surface area contributed by atoms with Crippen LogP contribution in [0.4, 0.5) is 0 Å². The Labute approximate surface area is 87.9 Å². The molecule has 0 aliphatic carbocycles. The van der Waals surface area contributed by atoms with Gasteiger partial charge >= 0.3 is 0 Å². The highest BCUT2D eigenvalue weighted by molar-refractivity contribution is 5.75. The van der Waals surface area contributed by atoms with E-state index in [1.165, 1.54) is 0 Å². The number of carbonyl (C=O) groups excluding carboxylic acids is 1. The predicted molar refractivity (Wildman–Crippen MR) is 60.3 cm³/mol. The third-order valence-electron chi connectivity index (χ3n) is 1.99. The van der Waals surface area contributed by atoms with Crippen LogP contribution < -0.4 is 5.32 Å². The standard InChI is InChI=1S/C11H24N2O/c1-6-7-10(14)12-8-11(2,3)9-13(4)5/h6-9H2,1-5H3,(H,12,14). The quantitative estimate of drug-likeness (QED) is 0.704. The van der Waals surface area contributed by atoms with Crippen molar-refractivity contribution in [2.45, 2.75) is 33.6 Å². The van der Waals surface area contributed by atoms with Gasteiger partial charge < -0.3 is 10.2 Å². The predicted octanol–water partition coefficient (Wildman–Crippen LogP) is 1.49. The summed E-state index contributed by atoms with van der Waals surface area (Å²) in [6.45, 7) is 8.09. The number of amides is 1. The molecule has 0 spiro atoms. The molecule has 1 amide bonds. The third kappa shape index (κ3) is 6.89. The summed E-state index contributed by atoms with van der Waals surface area (Å²) in [7, 11) is 4.10. The number of carbonyl (C=O) groups is 1. The minimum atomic E-state index is 0.146. The van der Waals surface area contributed by atoms with Gasteiger partial charge in [-0.1, -0.05) is 20.8 Å². The normalized spacial score (nSPS) is 11.9. The van der Waals surface area contributed by atoms with Gasteiger partial charge in [0.25, 0.3) is 0 Å². The van der Waals surface area contributed by atoms with Gasteiger partial charge in [0.2, 0.25) is 5.91 Å². The smallest absolute Gasteiger partial charge is 0.220 e. The van der Waals surface area contributed by atoms with Gasteiger partial charge in [-0.3, -0.25) is 4.79 Å². The van der Waals surface area contributed by atoms with Gasteiger partial charge in [0.1, 0.15) is 0 Å². The number of hydrogen-bond donors (Lipinski definition) is 1. The molecule has 0 bridgehead atoms. The van der Waals surface area contributed by atoms with Gasteiger partial charge in [-0.2, -0.15) is 0 Å². The van der Waals surface area contributed by atoms with E-state index in [1.54, 1.807) is 0 Å². The van der Waals surface area contributed by atoms with E-state index in [-0.39, 0.29) is 11.3 Å². The highest BCUT2D eigenvalue weighted by atomic mass is 16.1. The summed E-state index contributed by atoms with van der Waals surface area (Å²) >= 11 is 0. The summed E-state index contributed by atoms with van der Waals surface area (Å²) in [5.41, 5.74) is 0.146. The zero-order chi connectivity index (χ0) is 11.2. The number of rotatable bonds is 6. The summed E-state index contributed by atoms with van der Waals surface area (Å²) in [4.78, 5) is 13.4. The van der Waals surface area contributed by atoms with Gasteiger partial charge in [-0.25, -0.2) is 0 Å². The van der Waals surface area contributed by atoms with Gasteiger partial charge in [0.05, 0.1) is 0 Å². The third-order valence-corrected chi connectivity index (χ3v) is 1.99. The van der Waals surface area contributed by atoms with Crippen molar-refractivity contribution in [3.8, 4) is 0 Å². The van der Waals surface area contributed by atoms with Gasteiger partial charge in [0.15, 0.2) is 0 Å². The molecule has 0 aromatic heterocycles. The van der Waals surface area contributed by atoms with Gasteiger partial charge in [-0.15, -0.1) is 0 Å². The lowest BCUT2D eigenvalue weighted by atomic mass is 9.93. The van der Waals surface area contributed by atoms with Crippen LogP contribution in [0.3, 0.4) is 0 Å². The van der Waals surface area contributed by atoms with Crippen LogP contribution in [0.25, 0.3) is 0 Å². The summed E-state index contributed by atoms with van der Waals surface area (Å²) < 4.78 is 0. The van der Waals surface area contributed by atoms with Crippen LogP contribution in [0.2, 0.25) is 0 Å². The molecule has 0 rings (SSSR count). The number of nitrogens with zero attached hydrogens (tertiary/aromatic N) is 1. The van der Waals surface area contributed by atoms with Crippen molar-refractivity contribution in [3.05, 3.63) is 0 Å².